The Kier molecular flexibility index (Phi) is 18.2. The van der Waals surface area contributed by atoms with Crippen molar-refractivity contribution in [3.63, 3.8) is 0 Å². The van der Waals surface area contributed by atoms with Gasteiger partial charge in [-0.1, -0.05) is 46.0 Å². The largest absolute Gasteiger partial charge is 0.466 e. The topological polar surface area (TPSA) is 61.8 Å². The van der Waals surface area contributed by atoms with Crippen LogP contribution in [0.4, 0.5) is 0 Å². The maximum absolute atomic E-state index is 11.9. The van der Waals surface area contributed by atoms with E-state index in [0.29, 0.717) is 51.6 Å². The summed E-state index contributed by atoms with van der Waals surface area (Å²) in [7, 11) is 1.69. The average Bonchev–Trinajstić information content (AvgIpc) is 2.63. The second-order valence-electron chi connectivity index (χ2n) is 7.05. The molecule has 0 aliphatic carbocycles. The molecule has 0 heterocycles. The molecule has 5 heteroatoms. The molecule has 0 saturated heterocycles. The van der Waals surface area contributed by atoms with Gasteiger partial charge in [0.15, 0.2) is 0 Å². The Labute approximate surface area is 160 Å². The lowest BCUT2D eigenvalue weighted by molar-refractivity contribution is -0.145. The summed E-state index contributed by atoms with van der Waals surface area (Å²) in [5.41, 5.74) is 0. The predicted octanol–water partition coefficient (Wildman–Crippen LogP) is 4.56. The van der Waals surface area contributed by atoms with Crippen molar-refractivity contribution in [2.75, 3.05) is 33.5 Å². The molecule has 26 heavy (non-hydrogen) atoms. The molecule has 0 amide bonds. The minimum atomic E-state index is -0.198. The molecule has 2 atom stereocenters. The number of carbonyl (C=O) groups excluding carboxylic acids is 2. The fraction of sp³-hybridized carbons (Fsp3) is 0.905. The van der Waals surface area contributed by atoms with Gasteiger partial charge in [0.1, 0.15) is 6.29 Å². The van der Waals surface area contributed by atoms with Gasteiger partial charge in [0.2, 0.25) is 0 Å². The lowest BCUT2D eigenvalue weighted by atomic mass is 9.99. The van der Waals surface area contributed by atoms with Crippen LogP contribution in [-0.4, -0.2) is 45.8 Å². The van der Waals surface area contributed by atoms with Gasteiger partial charge >= 0.3 is 5.97 Å². The molecule has 0 aliphatic heterocycles. The number of ether oxygens (including phenoxy) is 3. The first-order chi connectivity index (χ1) is 12.7. The van der Waals surface area contributed by atoms with Gasteiger partial charge in [-0.25, -0.2) is 0 Å². The first-order valence-corrected chi connectivity index (χ1v) is 10.3. The molecule has 0 fully saturated rings. The minimum Gasteiger partial charge on any atom is -0.466 e. The predicted molar refractivity (Wildman–Crippen MR) is 104 cm³/mol. The highest BCUT2D eigenvalue weighted by molar-refractivity contribution is 5.70. The Morgan fingerprint density at radius 3 is 2.35 bits per heavy atom. The Hall–Kier alpha value is -0.940. The second-order valence-corrected chi connectivity index (χ2v) is 7.05. The summed E-state index contributed by atoms with van der Waals surface area (Å²) in [6, 6.07) is 0. The summed E-state index contributed by atoms with van der Waals surface area (Å²) in [6.07, 6.45) is 10.3. The van der Waals surface area contributed by atoms with Crippen molar-refractivity contribution in [3.05, 3.63) is 0 Å². The number of methoxy groups -OCH3 is 1. The number of unbranched alkanes of at least 4 members (excludes halogenated alkanes) is 5. The quantitative estimate of drug-likeness (QED) is 0.189. The van der Waals surface area contributed by atoms with E-state index >= 15 is 0 Å². The fourth-order valence-electron chi connectivity index (χ4n) is 2.82. The van der Waals surface area contributed by atoms with Crippen LogP contribution in [0, 0.1) is 11.8 Å². The van der Waals surface area contributed by atoms with Crippen molar-refractivity contribution < 1.29 is 23.8 Å². The number of hydrogen-bond acceptors (Lipinski definition) is 5. The summed E-state index contributed by atoms with van der Waals surface area (Å²) in [4.78, 5) is 22.8. The van der Waals surface area contributed by atoms with Crippen molar-refractivity contribution in [2.24, 2.45) is 11.8 Å². The van der Waals surface area contributed by atoms with Crippen LogP contribution in [0.15, 0.2) is 0 Å². The van der Waals surface area contributed by atoms with Crippen LogP contribution >= 0.6 is 0 Å². The third kappa shape index (κ3) is 15.3. The molecule has 0 bridgehead atoms. The first kappa shape index (κ1) is 25.1. The minimum absolute atomic E-state index is 0.00653. The normalized spacial score (nSPS) is 13.3. The molecule has 0 aliphatic rings. The molecule has 0 aromatic heterocycles. The summed E-state index contributed by atoms with van der Waals surface area (Å²) < 4.78 is 16.2. The van der Waals surface area contributed by atoms with Crippen molar-refractivity contribution in [1.29, 1.82) is 0 Å². The molecule has 0 N–H and O–H groups in total. The average molecular weight is 373 g/mol. The monoisotopic (exact) mass is 372 g/mol. The lowest BCUT2D eigenvalue weighted by Gasteiger charge is -2.16. The molecule has 0 spiro atoms. The van der Waals surface area contributed by atoms with E-state index in [9.17, 15) is 9.59 Å². The molecule has 154 valence electrons. The highest BCUT2D eigenvalue weighted by Crippen LogP contribution is 2.15. The zero-order valence-corrected chi connectivity index (χ0v) is 17.2. The van der Waals surface area contributed by atoms with E-state index in [1.54, 1.807) is 7.11 Å². The van der Waals surface area contributed by atoms with Gasteiger partial charge in [-0.3, -0.25) is 4.79 Å². The van der Waals surface area contributed by atoms with Crippen LogP contribution in [0.5, 0.6) is 0 Å². The molecule has 0 aromatic carbocycles. The molecule has 2 unspecified atom stereocenters. The standard InChI is InChI=1S/C21H40O5/c1-4-6-7-8-9-10-14-26-21(23)16-20(11-13-22)12-15-25-18-19(5-2)17-24-3/h13,19-20H,4-12,14-18H2,1-3H3. The molecule has 0 aromatic rings. The molecular formula is C21H40O5. The maximum Gasteiger partial charge on any atom is 0.306 e. The smallest absolute Gasteiger partial charge is 0.306 e. The van der Waals surface area contributed by atoms with Gasteiger partial charge in [0.25, 0.3) is 0 Å². The summed E-state index contributed by atoms with van der Waals surface area (Å²) in [5.74, 6) is 0.204. The van der Waals surface area contributed by atoms with Crippen LogP contribution in [0.2, 0.25) is 0 Å². The molecule has 5 nitrogen and oxygen atoms in total. The van der Waals surface area contributed by atoms with Crippen molar-refractivity contribution >= 4 is 12.3 Å². The van der Waals surface area contributed by atoms with E-state index in [0.717, 1.165) is 25.5 Å². The number of esters is 1. The van der Waals surface area contributed by atoms with Crippen LogP contribution in [0.3, 0.4) is 0 Å². The Bertz CT molecular complexity index is 332. The molecule has 0 radical (unpaired) electrons. The fourth-order valence-corrected chi connectivity index (χ4v) is 2.82. The third-order valence-corrected chi connectivity index (χ3v) is 4.65. The lowest BCUT2D eigenvalue weighted by Crippen LogP contribution is -2.18. The van der Waals surface area contributed by atoms with Gasteiger partial charge in [-0.15, -0.1) is 0 Å². The molecule has 0 rings (SSSR count). The molecule has 0 saturated carbocycles. The van der Waals surface area contributed by atoms with Gasteiger partial charge in [0.05, 0.1) is 19.8 Å². The van der Waals surface area contributed by atoms with Gasteiger partial charge in [-0.05, 0) is 25.2 Å². The zero-order valence-electron chi connectivity index (χ0n) is 17.2. The number of carbonyl (C=O) groups is 2. The van der Waals surface area contributed by atoms with E-state index in [-0.39, 0.29) is 11.9 Å². The van der Waals surface area contributed by atoms with Crippen molar-refractivity contribution in [3.8, 4) is 0 Å². The van der Waals surface area contributed by atoms with Gasteiger partial charge in [-0.2, -0.15) is 0 Å². The zero-order chi connectivity index (χ0) is 19.5. The van der Waals surface area contributed by atoms with E-state index in [1.165, 1.54) is 25.7 Å². The Balaban J connectivity index is 3.84. The van der Waals surface area contributed by atoms with E-state index in [2.05, 4.69) is 13.8 Å². The van der Waals surface area contributed by atoms with Crippen molar-refractivity contribution in [1.82, 2.24) is 0 Å². The third-order valence-electron chi connectivity index (χ3n) is 4.65. The Morgan fingerprint density at radius 2 is 1.69 bits per heavy atom. The highest BCUT2D eigenvalue weighted by Gasteiger charge is 2.15. The van der Waals surface area contributed by atoms with E-state index in [1.807, 2.05) is 0 Å². The van der Waals surface area contributed by atoms with Crippen molar-refractivity contribution in [2.45, 2.75) is 78.1 Å². The maximum atomic E-state index is 11.9. The second kappa shape index (κ2) is 18.8. The number of rotatable bonds is 19. The van der Waals surface area contributed by atoms with Gasteiger partial charge < -0.3 is 19.0 Å². The number of hydrogen-bond donors (Lipinski definition) is 0. The summed E-state index contributed by atoms with van der Waals surface area (Å²) >= 11 is 0. The first-order valence-electron chi connectivity index (χ1n) is 10.3. The SMILES string of the molecule is CCCCCCCCOC(=O)CC(CC=O)CCOCC(CC)COC. The van der Waals surface area contributed by atoms with Crippen LogP contribution < -0.4 is 0 Å². The van der Waals surface area contributed by atoms with Crippen LogP contribution in [-0.2, 0) is 23.8 Å². The summed E-state index contributed by atoms with van der Waals surface area (Å²) in [5, 5.41) is 0. The van der Waals surface area contributed by atoms with Crippen LogP contribution in [0.25, 0.3) is 0 Å². The van der Waals surface area contributed by atoms with Gasteiger partial charge in [0, 0.05) is 32.5 Å². The highest BCUT2D eigenvalue weighted by atomic mass is 16.5. The number of aldehydes is 1. The van der Waals surface area contributed by atoms with E-state index in [4.69, 9.17) is 14.2 Å². The van der Waals surface area contributed by atoms with Crippen LogP contribution in [0.1, 0.15) is 78.1 Å². The van der Waals surface area contributed by atoms with E-state index < -0.39 is 0 Å². The summed E-state index contributed by atoms with van der Waals surface area (Å²) in [6.45, 7) is 6.71. The molecular weight excluding hydrogens is 332 g/mol. The Morgan fingerprint density at radius 1 is 0.962 bits per heavy atom.